The average molecular weight is 453 g/mol. The largest absolute Gasteiger partial charge is 0.391 e. The number of rotatable bonds is 3. The molecule has 5 aromatic rings. The first-order valence-corrected chi connectivity index (χ1v) is 11.4. The predicted octanol–water partition coefficient (Wildman–Crippen LogP) is 3.30. The van der Waals surface area contributed by atoms with Crippen LogP contribution in [0, 0.1) is 0 Å². The fourth-order valence-corrected chi connectivity index (χ4v) is 5.04. The number of para-hydroxylation sites is 1. The number of fused-ring (bicyclic) bond motifs is 4. The molecule has 1 saturated heterocycles. The fourth-order valence-electron chi connectivity index (χ4n) is 5.04. The van der Waals surface area contributed by atoms with Gasteiger partial charge in [0, 0.05) is 29.0 Å². The molecule has 0 saturated carbocycles. The Balaban J connectivity index is 1.58. The van der Waals surface area contributed by atoms with Crippen molar-refractivity contribution in [2.75, 3.05) is 13.2 Å². The van der Waals surface area contributed by atoms with E-state index in [1.54, 1.807) is 6.07 Å². The minimum absolute atomic E-state index is 0.158. The van der Waals surface area contributed by atoms with E-state index in [0.717, 1.165) is 32.8 Å². The molecule has 0 unspecified atom stereocenters. The van der Waals surface area contributed by atoms with Crippen LogP contribution in [0.15, 0.2) is 76.6 Å². The quantitative estimate of drug-likeness (QED) is 0.409. The topological polar surface area (TPSA) is 97.2 Å². The maximum absolute atomic E-state index is 13.6. The summed E-state index contributed by atoms with van der Waals surface area (Å²) in [6.07, 6.45) is 1.83. The molecule has 3 heterocycles. The molecule has 2 atom stereocenters. The summed E-state index contributed by atoms with van der Waals surface area (Å²) >= 11 is 0. The number of H-pyrrole nitrogens is 1. The molecule has 7 nitrogen and oxygen atoms in total. The van der Waals surface area contributed by atoms with Crippen molar-refractivity contribution in [1.29, 1.82) is 0 Å². The van der Waals surface area contributed by atoms with Crippen molar-refractivity contribution in [2.45, 2.75) is 25.0 Å². The number of benzene rings is 3. The first-order valence-electron chi connectivity index (χ1n) is 11.4. The van der Waals surface area contributed by atoms with Gasteiger partial charge >= 0.3 is 0 Å². The molecule has 2 N–H and O–H groups in total. The number of nitrogens with zero attached hydrogens (tertiary/aromatic N) is 2. The van der Waals surface area contributed by atoms with Crippen molar-refractivity contribution in [1.82, 2.24) is 14.5 Å². The van der Waals surface area contributed by atoms with E-state index in [0.29, 0.717) is 30.4 Å². The summed E-state index contributed by atoms with van der Waals surface area (Å²) < 4.78 is 7.01. The Morgan fingerprint density at radius 3 is 2.53 bits per heavy atom. The summed E-state index contributed by atoms with van der Waals surface area (Å²) in [6.45, 7) is 0.750. The van der Waals surface area contributed by atoms with Gasteiger partial charge in [-0.2, -0.15) is 0 Å². The van der Waals surface area contributed by atoms with E-state index in [9.17, 15) is 14.7 Å². The number of hydrogen-bond acceptors (Lipinski definition) is 5. The van der Waals surface area contributed by atoms with E-state index < -0.39 is 12.1 Å². The number of aromatic amines is 1. The number of pyridine rings is 1. The Labute approximate surface area is 194 Å². The van der Waals surface area contributed by atoms with Gasteiger partial charge < -0.3 is 14.8 Å². The van der Waals surface area contributed by atoms with Crippen LogP contribution >= 0.6 is 0 Å². The van der Waals surface area contributed by atoms with Crippen LogP contribution in [0.3, 0.4) is 0 Å². The predicted molar refractivity (Wildman–Crippen MR) is 131 cm³/mol. The summed E-state index contributed by atoms with van der Waals surface area (Å²) in [4.78, 5) is 33.4. The van der Waals surface area contributed by atoms with Crippen LogP contribution in [0.25, 0.3) is 32.6 Å². The molecule has 7 heteroatoms. The van der Waals surface area contributed by atoms with Crippen molar-refractivity contribution >= 4 is 32.6 Å². The third kappa shape index (κ3) is 3.41. The molecule has 0 bridgehead atoms. The number of ether oxygens (including phenoxy) is 1. The summed E-state index contributed by atoms with van der Waals surface area (Å²) in [5.74, 6) is 0. The molecule has 34 heavy (non-hydrogen) atoms. The number of nitrogens with one attached hydrogen (secondary N) is 1. The third-order valence-electron chi connectivity index (χ3n) is 6.74. The molecule has 1 aliphatic heterocycles. The molecule has 170 valence electrons. The molecule has 2 aromatic heterocycles. The lowest BCUT2D eigenvalue weighted by atomic mass is 9.94. The zero-order valence-electron chi connectivity index (χ0n) is 18.4. The number of aromatic nitrogens is 3. The van der Waals surface area contributed by atoms with E-state index in [4.69, 9.17) is 4.74 Å². The second-order valence-corrected chi connectivity index (χ2v) is 8.81. The number of aliphatic hydroxyl groups excluding tert-OH is 1. The number of aliphatic hydroxyl groups is 1. The molecular formula is C27H23N3O4. The van der Waals surface area contributed by atoms with Crippen molar-refractivity contribution in [3.05, 3.63) is 98.8 Å². The Hall–Kier alpha value is -3.81. The molecule has 0 amide bonds. The van der Waals surface area contributed by atoms with Gasteiger partial charge in [-0.25, -0.2) is 4.98 Å². The van der Waals surface area contributed by atoms with Gasteiger partial charge in [0.2, 0.25) is 5.56 Å². The van der Waals surface area contributed by atoms with Crippen molar-refractivity contribution in [3.8, 4) is 0 Å². The summed E-state index contributed by atoms with van der Waals surface area (Å²) in [5.41, 5.74) is 2.88. The molecule has 0 aliphatic carbocycles. The van der Waals surface area contributed by atoms with E-state index in [1.165, 1.54) is 10.9 Å². The van der Waals surface area contributed by atoms with Gasteiger partial charge in [0.1, 0.15) is 0 Å². The maximum Gasteiger partial charge on any atom is 0.261 e. The minimum Gasteiger partial charge on any atom is -0.391 e. The lowest BCUT2D eigenvalue weighted by molar-refractivity contribution is -0.0303. The standard InChI is InChI=1S/C27H23N3O4/c31-24-9-10-34-14-23(24)30-15-28-26-20-7-2-1-5-18(20)16(12-21(26)27(30)33)11-17-13-25(32)29-22-8-4-3-6-19(17)22/h1-8,12-13,15,23-24,31H,9-11,14H2,(H,29,32)/t23-,24-/m0/s1. The van der Waals surface area contributed by atoms with Gasteiger partial charge in [-0.05, 0) is 41.5 Å². The summed E-state index contributed by atoms with van der Waals surface area (Å²) in [7, 11) is 0. The van der Waals surface area contributed by atoms with E-state index in [-0.39, 0.29) is 17.7 Å². The zero-order chi connectivity index (χ0) is 23.2. The molecule has 3 aromatic carbocycles. The van der Waals surface area contributed by atoms with Gasteiger partial charge in [-0.15, -0.1) is 0 Å². The van der Waals surface area contributed by atoms with Crippen molar-refractivity contribution in [3.63, 3.8) is 0 Å². The lowest BCUT2D eigenvalue weighted by Crippen LogP contribution is -2.39. The van der Waals surface area contributed by atoms with Crippen LogP contribution in [0.5, 0.6) is 0 Å². The van der Waals surface area contributed by atoms with Gasteiger partial charge in [0.05, 0.1) is 36.0 Å². The minimum atomic E-state index is -0.659. The van der Waals surface area contributed by atoms with E-state index in [2.05, 4.69) is 9.97 Å². The Morgan fingerprint density at radius 2 is 1.71 bits per heavy atom. The van der Waals surface area contributed by atoms with E-state index in [1.807, 2.05) is 54.6 Å². The first kappa shape index (κ1) is 20.8. The highest BCUT2D eigenvalue weighted by Crippen LogP contribution is 2.29. The Kier molecular flexibility index (Phi) is 5.01. The highest BCUT2D eigenvalue weighted by molar-refractivity contribution is 6.06. The average Bonchev–Trinajstić information content (AvgIpc) is 2.85. The smallest absolute Gasteiger partial charge is 0.261 e. The van der Waals surface area contributed by atoms with Crippen LogP contribution in [-0.4, -0.2) is 39.0 Å². The normalized spacial score (nSPS) is 18.6. The first-order chi connectivity index (χ1) is 16.6. The van der Waals surface area contributed by atoms with Gasteiger partial charge in [-0.3, -0.25) is 14.2 Å². The highest BCUT2D eigenvalue weighted by atomic mass is 16.5. The fraction of sp³-hybridized carbons (Fsp3) is 0.222. The molecule has 6 rings (SSSR count). The SMILES string of the molecule is O=c1cc(Cc2cc3c(=O)n([C@H]4COCC[C@@H]4O)cnc3c3ccccc23)c2ccccc2[nH]1. The van der Waals surface area contributed by atoms with Crippen LogP contribution in [-0.2, 0) is 11.2 Å². The maximum atomic E-state index is 13.6. The lowest BCUT2D eigenvalue weighted by Gasteiger charge is -2.29. The van der Waals surface area contributed by atoms with Gasteiger partial charge in [-0.1, -0.05) is 42.5 Å². The van der Waals surface area contributed by atoms with Crippen molar-refractivity contribution < 1.29 is 9.84 Å². The van der Waals surface area contributed by atoms with Crippen LogP contribution in [0.1, 0.15) is 23.6 Å². The van der Waals surface area contributed by atoms with Crippen LogP contribution in [0.4, 0.5) is 0 Å². The van der Waals surface area contributed by atoms with Crippen LogP contribution in [0.2, 0.25) is 0 Å². The molecule has 1 aliphatic rings. The third-order valence-corrected chi connectivity index (χ3v) is 6.74. The van der Waals surface area contributed by atoms with Gasteiger partial charge in [0.25, 0.3) is 5.56 Å². The van der Waals surface area contributed by atoms with E-state index >= 15 is 0 Å². The monoisotopic (exact) mass is 453 g/mol. The summed E-state index contributed by atoms with van der Waals surface area (Å²) in [6, 6.07) is 18.6. The second kappa shape index (κ2) is 8.20. The molecule has 0 radical (unpaired) electrons. The number of hydrogen-bond donors (Lipinski definition) is 2. The highest BCUT2D eigenvalue weighted by Gasteiger charge is 2.27. The summed E-state index contributed by atoms with van der Waals surface area (Å²) in [5, 5.41) is 13.8. The van der Waals surface area contributed by atoms with Gasteiger partial charge in [0.15, 0.2) is 0 Å². The molecule has 0 spiro atoms. The van der Waals surface area contributed by atoms with Crippen molar-refractivity contribution in [2.24, 2.45) is 0 Å². The Morgan fingerprint density at radius 1 is 0.971 bits per heavy atom. The Bertz CT molecular complexity index is 1670. The zero-order valence-corrected chi connectivity index (χ0v) is 18.4. The molecular weight excluding hydrogens is 430 g/mol. The van der Waals surface area contributed by atoms with Crippen LogP contribution < -0.4 is 11.1 Å². The molecule has 1 fully saturated rings. The second-order valence-electron chi connectivity index (χ2n) is 8.81.